The molecule has 0 spiro atoms. The minimum Gasteiger partial charge on any atom is -0.478 e. The fourth-order valence-electron chi connectivity index (χ4n) is 1.46. The van der Waals surface area contributed by atoms with Gasteiger partial charge in [0.05, 0.1) is 5.02 Å². The summed E-state index contributed by atoms with van der Waals surface area (Å²) >= 11 is 5.98. The molecule has 0 fully saturated rings. The van der Waals surface area contributed by atoms with Gasteiger partial charge in [-0.25, -0.2) is 9.78 Å². The van der Waals surface area contributed by atoms with E-state index in [1.165, 1.54) is 12.1 Å². The highest BCUT2D eigenvalue weighted by Gasteiger charge is 2.24. The van der Waals surface area contributed by atoms with Gasteiger partial charge in [0.25, 0.3) is 0 Å². The molecule has 0 aliphatic heterocycles. The molecular weight excluding hydrogens is 242 g/mol. The smallest absolute Gasteiger partial charge is 0.339 e. The molecule has 2 aromatic rings. The Morgan fingerprint density at radius 1 is 1.41 bits per heavy atom. The van der Waals surface area contributed by atoms with E-state index in [1.807, 2.05) is 20.8 Å². The SMILES string of the molecule is CC(C)(C)c1nc2c(Cl)ccc(C(=O)O)c2o1. The Balaban J connectivity index is 2.79. The number of aromatic carboxylic acids is 1. The van der Waals surface area contributed by atoms with Crippen LogP contribution < -0.4 is 0 Å². The molecule has 17 heavy (non-hydrogen) atoms. The number of carboxylic acids is 1. The van der Waals surface area contributed by atoms with Crippen LogP contribution in [0.25, 0.3) is 11.1 Å². The topological polar surface area (TPSA) is 63.3 Å². The van der Waals surface area contributed by atoms with Crippen molar-refractivity contribution < 1.29 is 14.3 Å². The van der Waals surface area contributed by atoms with Crippen LogP contribution in [0.1, 0.15) is 37.0 Å². The first-order valence-electron chi connectivity index (χ1n) is 5.13. The van der Waals surface area contributed by atoms with Gasteiger partial charge < -0.3 is 9.52 Å². The van der Waals surface area contributed by atoms with Crippen LogP contribution in [0.2, 0.25) is 5.02 Å². The van der Waals surface area contributed by atoms with Crippen LogP contribution in [0, 0.1) is 0 Å². The third kappa shape index (κ3) is 2.00. The van der Waals surface area contributed by atoms with Gasteiger partial charge in [0.1, 0.15) is 11.1 Å². The molecule has 1 heterocycles. The van der Waals surface area contributed by atoms with Crippen LogP contribution in [0.3, 0.4) is 0 Å². The average molecular weight is 254 g/mol. The lowest BCUT2D eigenvalue weighted by atomic mass is 9.97. The summed E-state index contributed by atoms with van der Waals surface area (Å²) in [7, 11) is 0. The van der Waals surface area contributed by atoms with E-state index >= 15 is 0 Å². The molecule has 1 N–H and O–H groups in total. The molecule has 0 atom stereocenters. The fourth-order valence-corrected chi connectivity index (χ4v) is 1.66. The van der Waals surface area contributed by atoms with Gasteiger partial charge in [0.2, 0.25) is 5.89 Å². The summed E-state index contributed by atoms with van der Waals surface area (Å²) in [5, 5.41) is 9.45. The van der Waals surface area contributed by atoms with E-state index in [1.54, 1.807) is 0 Å². The van der Waals surface area contributed by atoms with Crippen molar-refractivity contribution in [1.82, 2.24) is 4.98 Å². The minimum absolute atomic E-state index is 0.0763. The maximum atomic E-state index is 11.1. The number of rotatable bonds is 1. The Hall–Kier alpha value is -1.55. The van der Waals surface area contributed by atoms with Crippen molar-refractivity contribution in [2.75, 3.05) is 0 Å². The first kappa shape index (κ1) is 11.9. The van der Waals surface area contributed by atoms with Crippen molar-refractivity contribution in [3.63, 3.8) is 0 Å². The van der Waals surface area contributed by atoms with Gasteiger partial charge >= 0.3 is 5.97 Å². The van der Waals surface area contributed by atoms with Crippen molar-refractivity contribution in [3.8, 4) is 0 Å². The van der Waals surface area contributed by atoms with Gasteiger partial charge in [0, 0.05) is 5.41 Å². The molecule has 1 aromatic heterocycles. The number of nitrogens with zero attached hydrogens (tertiary/aromatic N) is 1. The van der Waals surface area contributed by atoms with Gasteiger partial charge in [-0.3, -0.25) is 0 Å². The largest absolute Gasteiger partial charge is 0.478 e. The number of fused-ring (bicyclic) bond motifs is 1. The quantitative estimate of drug-likeness (QED) is 0.845. The zero-order valence-electron chi connectivity index (χ0n) is 9.74. The molecule has 4 nitrogen and oxygen atoms in total. The number of hydrogen-bond acceptors (Lipinski definition) is 3. The van der Waals surface area contributed by atoms with Crippen LogP contribution in [-0.2, 0) is 5.41 Å². The molecule has 90 valence electrons. The number of oxazole rings is 1. The molecule has 0 saturated heterocycles. The van der Waals surface area contributed by atoms with Crippen molar-refractivity contribution in [2.24, 2.45) is 0 Å². The predicted octanol–water partition coefficient (Wildman–Crippen LogP) is 3.48. The van der Waals surface area contributed by atoms with Gasteiger partial charge in [-0.05, 0) is 12.1 Å². The maximum absolute atomic E-state index is 11.1. The molecule has 2 rings (SSSR count). The number of hydrogen-bond donors (Lipinski definition) is 1. The third-order valence-electron chi connectivity index (χ3n) is 2.37. The Bertz CT molecular complexity index is 596. The zero-order chi connectivity index (χ0) is 12.8. The Labute approximate surface area is 103 Å². The number of aromatic nitrogens is 1. The van der Waals surface area contributed by atoms with Gasteiger partial charge in [-0.15, -0.1) is 0 Å². The van der Waals surface area contributed by atoms with Crippen LogP contribution in [0.4, 0.5) is 0 Å². The minimum atomic E-state index is -1.05. The van der Waals surface area contributed by atoms with E-state index < -0.39 is 5.97 Å². The molecule has 0 bridgehead atoms. The van der Waals surface area contributed by atoms with Gasteiger partial charge in [0.15, 0.2) is 5.58 Å². The van der Waals surface area contributed by atoms with Gasteiger partial charge in [-0.1, -0.05) is 32.4 Å². The summed E-state index contributed by atoms with van der Waals surface area (Å²) in [6.45, 7) is 5.81. The lowest BCUT2D eigenvalue weighted by Crippen LogP contribution is -2.11. The van der Waals surface area contributed by atoms with Crippen molar-refractivity contribution >= 4 is 28.7 Å². The number of benzene rings is 1. The van der Waals surface area contributed by atoms with Crippen molar-refractivity contribution in [3.05, 3.63) is 28.6 Å². The molecule has 0 saturated carbocycles. The molecule has 0 unspecified atom stereocenters. The highest BCUT2D eigenvalue weighted by Crippen LogP contribution is 2.31. The zero-order valence-corrected chi connectivity index (χ0v) is 10.5. The fraction of sp³-hybridized carbons (Fsp3) is 0.333. The monoisotopic (exact) mass is 253 g/mol. The third-order valence-corrected chi connectivity index (χ3v) is 2.67. The summed E-state index contributed by atoms with van der Waals surface area (Å²) < 4.78 is 5.53. The summed E-state index contributed by atoms with van der Waals surface area (Å²) in [5.74, 6) is -0.577. The first-order valence-corrected chi connectivity index (χ1v) is 5.51. The summed E-state index contributed by atoms with van der Waals surface area (Å²) in [5.41, 5.74) is 0.414. The first-order chi connectivity index (χ1) is 7.80. The van der Waals surface area contributed by atoms with E-state index in [-0.39, 0.29) is 16.6 Å². The molecule has 0 amide bonds. The standard InChI is InChI=1S/C12H12ClNO3/c1-12(2,3)11-14-8-7(13)5-4-6(10(15)16)9(8)17-11/h4-5H,1-3H3,(H,15,16). The normalized spacial score (nSPS) is 12.0. The van der Waals surface area contributed by atoms with Crippen LogP contribution in [-0.4, -0.2) is 16.1 Å². The molecular formula is C12H12ClNO3. The second-order valence-electron chi connectivity index (χ2n) is 4.85. The lowest BCUT2D eigenvalue weighted by molar-refractivity contribution is 0.0697. The van der Waals surface area contributed by atoms with E-state index in [0.717, 1.165) is 0 Å². The van der Waals surface area contributed by atoms with Crippen LogP contribution in [0.5, 0.6) is 0 Å². The van der Waals surface area contributed by atoms with E-state index in [0.29, 0.717) is 16.4 Å². The van der Waals surface area contributed by atoms with Crippen molar-refractivity contribution in [2.45, 2.75) is 26.2 Å². The molecule has 0 aliphatic carbocycles. The van der Waals surface area contributed by atoms with E-state index in [9.17, 15) is 4.79 Å². The Morgan fingerprint density at radius 2 is 2.06 bits per heavy atom. The van der Waals surface area contributed by atoms with E-state index in [4.69, 9.17) is 21.1 Å². The lowest BCUT2D eigenvalue weighted by Gasteiger charge is -2.11. The van der Waals surface area contributed by atoms with Crippen LogP contribution in [0.15, 0.2) is 16.5 Å². The van der Waals surface area contributed by atoms with Gasteiger partial charge in [-0.2, -0.15) is 0 Å². The molecule has 0 radical (unpaired) electrons. The Morgan fingerprint density at radius 3 is 2.59 bits per heavy atom. The number of halogens is 1. The highest BCUT2D eigenvalue weighted by atomic mass is 35.5. The average Bonchev–Trinajstić information content (AvgIpc) is 2.62. The summed E-state index contributed by atoms with van der Waals surface area (Å²) in [6.07, 6.45) is 0. The molecule has 1 aromatic carbocycles. The molecule has 5 heteroatoms. The van der Waals surface area contributed by atoms with E-state index in [2.05, 4.69) is 4.98 Å². The molecule has 0 aliphatic rings. The Kier molecular flexibility index (Phi) is 2.62. The number of carboxylic acid groups (broad SMARTS) is 1. The summed E-state index contributed by atoms with van der Waals surface area (Å²) in [4.78, 5) is 15.3. The highest BCUT2D eigenvalue weighted by molar-refractivity contribution is 6.35. The number of carbonyl (C=O) groups is 1. The predicted molar refractivity (Wildman–Crippen MR) is 64.7 cm³/mol. The maximum Gasteiger partial charge on any atom is 0.339 e. The second kappa shape index (κ2) is 3.74. The van der Waals surface area contributed by atoms with Crippen LogP contribution >= 0.6 is 11.6 Å². The van der Waals surface area contributed by atoms with Crippen molar-refractivity contribution in [1.29, 1.82) is 0 Å². The summed E-state index contributed by atoms with van der Waals surface area (Å²) in [6, 6.07) is 2.94. The second-order valence-corrected chi connectivity index (χ2v) is 5.25.